The molecule has 0 bridgehead atoms. The van der Waals surface area contributed by atoms with Gasteiger partial charge in [0.25, 0.3) is 0 Å². The molecule has 0 radical (unpaired) electrons. The maximum absolute atomic E-state index is 13.3. The molecule has 5 N–H and O–H groups in total. The summed E-state index contributed by atoms with van der Waals surface area (Å²) in [6, 6.07) is 15.5. The molecular weight excluding hydrogens is 488 g/mol. The van der Waals surface area contributed by atoms with E-state index in [1.807, 2.05) is 44.2 Å². The van der Waals surface area contributed by atoms with Crippen LogP contribution in [0.25, 0.3) is 22.3 Å². The number of hydrogen-bond acceptors (Lipinski definition) is 8. The minimum Gasteiger partial charge on any atom is -0.508 e. The highest BCUT2D eigenvalue weighted by molar-refractivity contribution is 5.88. The molecule has 3 aromatic carbocycles. The molecule has 0 spiro atoms. The van der Waals surface area contributed by atoms with E-state index in [9.17, 15) is 30.3 Å². The first-order chi connectivity index (χ1) is 18.2. The molecule has 0 unspecified atom stereocenters. The summed E-state index contributed by atoms with van der Waals surface area (Å²) >= 11 is 0. The first kappa shape index (κ1) is 27.0. The van der Waals surface area contributed by atoms with Crippen LogP contribution in [0.5, 0.6) is 23.0 Å². The van der Waals surface area contributed by atoms with Crippen molar-refractivity contribution in [1.29, 1.82) is 0 Å². The van der Waals surface area contributed by atoms with Gasteiger partial charge in [-0.05, 0) is 41.2 Å². The summed E-state index contributed by atoms with van der Waals surface area (Å²) in [5.41, 5.74) is 1.90. The third kappa shape index (κ3) is 5.77. The molecule has 1 heterocycles. The Morgan fingerprint density at radius 3 is 2.24 bits per heavy atom. The Hall–Kier alpha value is -4.01. The predicted molar refractivity (Wildman–Crippen MR) is 144 cm³/mol. The van der Waals surface area contributed by atoms with Crippen molar-refractivity contribution in [1.82, 2.24) is 0 Å². The van der Waals surface area contributed by atoms with E-state index in [0.717, 1.165) is 5.56 Å². The summed E-state index contributed by atoms with van der Waals surface area (Å²) in [6.45, 7) is 3.27. The van der Waals surface area contributed by atoms with Crippen LogP contribution < -0.4 is 10.2 Å². The van der Waals surface area contributed by atoms with Crippen LogP contribution in [-0.4, -0.2) is 45.4 Å². The number of rotatable bonds is 10. The maximum Gasteiger partial charge on any atom is 0.238 e. The molecule has 0 amide bonds. The fourth-order valence-electron chi connectivity index (χ4n) is 4.38. The molecule has 0 aliphatic heterocycles. The van der Waals surface area contributed by atoms with E-state index in [1.54, 1.807) is 12.1 Å². The molecule has 0 saturated heterocycles. The van der Waals surface area contributed by atoms with Gasteiger partial charge in [0.1, 0.15) is 28.2 Å². The van der Waals surface area contributed by atoms with Gasteiger partial charge in [-0.2, -0.15) is 0 Å². The zero-order chi connectivity index (χ0) is 27.4. The molecule has 0 fully saturated rings. The summed E-state index contributed by atoms with van der Waals surface area (Å²) < 4.78 is 11.6. The highest BCUT2D eigenvalue weighted by atomic mass is 16.5. The fraction of sp³-hybridized carbons (Fsp3) is 0.300. The van der Waals surface area contributed by atoms with Crippen molar-refractivity contribution in [3.8, 4) is 34.3 Å². The summed E-state index contributed by atoms with van der Waals surface area (Å²) in [7, 11) is 0. The zero-order valence-electron chi connectivity index (χ0n) is 21.3. The number of aliphatic hydroxyl groups excluding tert-OH is 2. The number of aromatic hydroxyl groups is 3. The molecule has 200 valence electrons. The van der Waals surface area contributed by atoms with Crippen LogP contribution in [0.4, 0.5) is 0 Å². The second-order valence-corrected chi connectivity index (χ2v) is 9.87. The molecule has 0 saturated carbocycles. The van der Waals surface area contributed by atoms with Crippen LogP contribution in [0, 0.1) is 11.8 Å². The van der Waals surface area contributed by atoms with Gasteiger partial charge in [0, 0.05) is 30.0 Å². The third-order valence-corrected chi connectivity index (χ3v) is 6.31. The molecule has 8 heteroatoms. The van der Waals surface area contributed by atoms with Crippen molar-refractivity contribution in [2.75, 3.05) is 19.8 Å². The maximum atomic E-state index is 13.3. The summed E-state index contributed by atoms with van der Waals surface area (Å²) in [6.07, 6.45) is 0.996. The standard InChI is InChI=1S/C30H32O8/c1-17(2)8-20-10-22(11-21(27(20)34)9-18-6-4-3-5-7-18)30-29(36)28(35)26-24(37-16-19(14-31)15-32)12-23(33)13-25(26)38-30/h3-7,10-13,17,19,31-34,36H,8-9,14-16H2,1-2H3. The van der Waals surface area contributed by atoms with E-state index in [1.165, 1.54) is 12.1 Å². The monoisotopic (exact) mass is 520 g/mol. The zero-order valence-corrected chi connectivity index (χ0v) is 21.3. The Morgan fingerprint density at radius 1 is 0.895 bits per heavy atom. The molecule has 0 aliphatic rings. The number of hydrogen-bond donors (Lipinski definition) is 5. The van der Waals surface area contributed by atoms with Crippen LogP contribution in [-0.2, 0) is 12.8 Å². The SMILES string of the molecule is CC(C)Cc1cc(-c2oc3cc(O)cc(OCC(CO)CO)c3c(=O)c2O)cc(Cc2ccccc2)c1O. The largest absolute Gasteiger partial charge is 0.508 e. The number of ether oxygens (including phenoxy) is 1. The molecule has 4 aromatic rings. The number of aliphatic hydroxyl groups is 2. The van der Waals surface area contributed by atoms with E-state index in [4.69, 9.17) is 9.15 Å². The van der Waals surface area contributed by atoms with E-state index >= 15 is 0 Å². The third-order valence-electron chi connectivity index (χ3n) is 6.31. The first-order valence-electron chi connectivity index (χ1n) is 12.5. The quantitative estimate of drug-likeness (QED) is 0.208. The predicted octanol–water partition coefficient (Wildman–Crippen LogP) is 4.35. The molecule has 38 heavy (non-hydrogen) atoms. The lowest BCUT2D eigenvalue weighted by atomic mass is 9.93. The van der Waals surface area contributed by atoms with Gasteiger partial charge in [0.15, 0.2) is 5.76 Å². The van der Waals surface area contributed by atoms with Crippen LogP contribution in [0.3, 0.4) is 0 Å². The van der Waals surface area contributed by atoms with Crippen LogP contribution in [0.1, 0.15) is 30.5 Å². The van der Waals surface area contributed by atoms with Gasteiger partial charge in [0.05, 0.1) is 19.8 Å². The Morgan fingerprint density at radius 2 is 1.58 bits per heavy atom. The Kier molecular flexibility index (Phi) is 8.24. The van der Waals surface area contributed by atoms with Gasteiger partial charge < -0.3 is 34.7 Å². The lowest BCUT2D eigenvalue weighted by molar-refractivity contribution is 0.106. The summed E-state index contributed by atoms with van der Waals surface area (Å²) in [5.74, 6) is -1.21. The number of benzene rings is 3. The average Bonchev–Trinajstić information content (AvgIpc) is 2.89. The van der Waals surface area contributed by atoms with Crippen molar-refractivity contribution in [3.63, 3.8) is 0 Å². The van der Waals surface area contributed by atoms with Gasteiger partial charge in [0.2, 0.25) is 11.2 Å². The van der Waals surface area contributed by atoms with Crippen molar-refractivity contribution in [2.45, 2.75) is 26.7 Å². The normalized spacial score (nSPS) is 11.5. The Bertz CT molecular complexity index is 1470. The molecule has 0 atom stereocenters. The van der Waals surface area contributed by atoms with Gasteiger partial charge in [-0.25, -0.2) is 0 Å². The Balaban J connectivity index is 1.86. The van der Waals surface area contributed by atoms with E-state index in [-0.39, 0.29) is 59.7 Å². The van der Waals surface area contributed by atoms with Crippen molar-refractivity contribution < 1.29 is 34.7 Å². The van der Waals surface area contributed by atoms with E-state index < -0.39 is 17.1 Å². The Labute approximate surface area is 220 Å². The molecule has 1 aromatic heterocycles. The second-order valence-electron chi connectivity index (χ2n) is 9.87. The van der Waals surface area contributed by atoms with Gasteiger partial charge in [-0.1, -0.05) is 44.2 Å². The smallest absolute Gasteiger partial charge is 0.238 e. The minimum atomic E-state index is -0.760. The van der Waals surface area contributed by atoms with Crippen molar-refractivity contribution in [2.24, 2.45) is 11.8 Å². The number of phenols is 2. The topological polar surface area (TPSA) is 141 Å². The fourth-order valence-corrected chi connectivity index (χ4v) is 4.38. The lowest BCUT2D eigenvalue weighted by Gasteiger charge is -2.16. The second kappa shape index (κ2) is 11.6. The molecule has 8 nitrogen and oxygen atoms in total. The van der Waals surface area contributed by atoms with Gasteiger partial charge in [-0.15, -0.1) is 0 Å². The van der Waals surface area contributed by atoms with Crippen LogP contribution in [0.2, 0.25) is 0 Å². The van der Waals surface area contributed by atoms with Crippen LogP contribution >= 0.6 is 0 Å². The molecular formula is C30H32O8. The average molecular weight is 521 g/mol. The van der Waals surface area contributed by atoms with E-state index in [0.29, 0.717) is 29.5 Å². The highest BCUT2D eigenvalue weighted by Gasteiger charge is 2.22. The van der Waals surface area contributed by atoms with Crippen molar-refractivity contribution >= 4 is 11.0 Å². The first-order valence-corrected chi connectivity index (χ1v) is 12.5. The summed E-state index contributed by atoms with van der Waals surface area (Å²) in [5, 5.41) is 50.8. The molecule has 4 rings (SSSR count). The summed E-state index contributed by atoms with van der Waals surface area (Å²) in [4.78, 5) is 13.3. The number of phenolic OH excluding ortho intramolecular Hbond substituents is 2. The van der Waals surface area contributed by atoms with Gasteiger partial charge in [-0.3, -0.25) is 4.79 Å². The lowest BCUT2D eigenvalue weighted by Crippen LogP contribution is -2.20. The minimum absolute atomic E-state index is 0.00885. The van der Waals surface area contributed by atoms with E-state index in [2.05, 4.69) is 0 Å². The van der Waals surface area contributed by atoms with Crippen molar-refractivity contribution in [3.05, 3.63) is 81.5 Å². The molecule has 0 aliphatic carbocycles. The highest BCUT2D eigenvalue weighted by Crippen LogP contribution is 2.39. The van der Waals surface area contributed by atoms with Gasteiger partial charge >= 0.3 is 0 Å². The number of fused-ring (bicyclic) bond motifs is 1. The van der Waals surface area contributed by atoms with Crippen LogP contribution in [0.15, 0.2) is 63.8 Å².